The summed E-state index contributed by atoms with van der Waals surface area (Å²) in [6.07, 6.45) is 3.24. The standard InChI is InChI=1S/C25H24ClNO3/c1-17-4-11-22(18(2)14-17)27-25(28)13-8-19-7-12-23(24(15-19)29-3)30-16-20-5-9-21(26)10-6-20/h4-15H,16H2,1-3H3,(H,27,28)/b13-8+. The van der Waals surface area contributed by atoms with Crippen LogP contribution < -0.4 is 14.8 Å². The Hall–Kier alpha value is -3.24. The van der Waals surface area contributed by atoms with Gasteiger partial charge in [-0.2, -0.15) is 0 Å². The molecule has 0 bridgehead atoms. The first-order valence-electron chi connectivity index (χ1n) is 9.56. The molecule has 0 atom stereocenters. The number of anilines is 1. The van der Waals surface area contributed by atoms with Crippen molar-refractivity contribution in [3.05, 3.63) is 94.0 Å². The predicted octanol–water partition coefficient (Wildman–Crippen LogP) is 6.20. The van der Waals surface area contributed by atoms with Crippen LogP contribution in [0.3, 0.4) is 0 Å². The second-order valence-corrected chi connectivity index (χ2v) is 7.40. The number of rotatable bonds is 7. The highest BCUT2D eigenvalue weighted by Crippen LogP contribution is 2.29. The Morgan fingerprint density at radius 3 is 2.47 bits per heavy atom. The average Bonchev–Trinajstić information content (AvgIpc) is 2.74. The summed E-state index contributed by atoms with van der Waals surface area (Å²) in [6, 6.07) is 18.9. The molecule has 3 aromatic rings. The smallest absolute Gasteiger partial charge is 0.248 e. The zero-order valence-electron chi connectivity index (χ0n) is 17.2. The fraction of sp³-hybridized carbons (Fsp3) is 0.160. The molecule has 3 aromatic carbocycles. The highest BCUT2D eigenvalue weighted by molar-refractivity contribution is 6.30. The minimum Gasteiger partial charge on any atom is -0.493 e. The van der Waals surface area contributed by atoms with Gasteiger partial charge in [-0.05, 0) is 66.9 Å². The zero-order chi connectivity index (χ0) is 21.5. The third kappa shape index (κ3) is 5.88. The van der Waals surface area contributed by atoms with Crippen molar-refractivity contribution in [2.24, 2.45) is 0 Å². The molecule has 0 fully saturated rings. The molecule has 0 unspecified atom stereocenters. The molecule has 0 spiro atoms. The summed E-state index contributed by atoms with van der Waals surface area (Å²) in [5.41, 5.74) is 4.83. The normalized spacial score (nSPS) is 10.8. The Morgan fingerprint density at radius 2 is 1.77 bits per heavy atom. The topological polar surface area (TPSA) is 47.6 Å². The lowest BCUT2D eigenvalue weighted by Crippen LogP contribution is -2.08. The SMILES string of the molecule is COc1cc(/C=C/C(=O)Nc2ccc(C)cc2C)ccc1OCc1ccc(Cl)cc1. The Bertz CT molecular complexity index is 1060. The first kappa shape index (κ1) is 21.5. The molecule has 0 aliphatic heterocycles. The number of halogens is 1. The van der Waals surface area contributed by atoms with Crippen LogP contribution in [-0.2, 0) is 11.4 Å². The van der Waals surface area contributed by atoms with E-state index >= 15 is 0 Å². The fourth-order valence-corrected chi connectivity index (χ4v) is 3.07. The van der Waals surface area contributed by atoms with E-state index in [4.69, 9.17) is 21.1 Å². The van der Waals surface area contributed by atoms with Crippen molar-refractivity contribution in [2.75, 3.05) is 12.4 Å². The van der Waals surface area contributed by atoms with E-state index < -0.39 is 0 Å². The summed E-state index contributed by atoms with van der Waals surface area (Å²) in [6.45, 7) is 4.40. The summed E-state index contributed by atoms with van der Waals surface area (Å²) < 4.78 is 11.3. The van der Waals surface area contributed by atoms with E-state index in [9.17, 15) is 4.79 Å². The monoisotopic (exact) mass is 421 g/mol. The summed E-state index contributed by atoms with van der Waals surface area (Å²) in [4.78, 5) is 12.3. The van der Waals surface area contributed by atoms with E-state index in [0.29, 0.717) is 23.1 Å². The van der Waals surface area contributed by atoms with E-state index in [-0.39, 0.29) is 5.91 Å². The predicted molar refractivity (Wildman–Crippen MR) is 122 cm³/mol. The quantitative estimate of drug-likeness (QED) is 0.462. The number of amides is 1. The molecule has 0 radical (unpaired) electrons. The van der Waals surface area contributed by atoms with E-state index in [2.05, 4.69) is 5.32 Å². The zero-order valence-corrected chi connectivity index (χ0v) is 18.0. The number of hydrogen-bond acceptors (Lipinski definition) is 3. The largest absolute Gasteiger partial charge is 0.493 e. The van der Waals surface area contributed by atoms with Crippen LogP contribution >= 0.6 is 11.6 Å². The van der Waals surface area contributed by atoms with Crippen LogP contribution in [0.25, 0.3) is 6.08 Å². The van der Waals surface area contributed by atoms with E-state index in [1.807, 2.05) is 74.5 Å². The number of hydrogen-bond donors (Lipinski definition) is 1. The van der Waals surface area contributed by atoms with E-state index in [0.717, 1.165) is 27.9 Å². The summed E-state index contributed by atoms with van der Waals surface area (Å²) in [5, 5.41) is 3.59. The Kier molecular flexibility index (Phi) is 7.15. The van der Waals surface area contributed by atoms with Gasteiger partial charge in [0.2, 0.25) is 5.91 Å². The third-order valence-corrected chi connectivity index (χ3v) is 4.81. The van der Waals surface area contributed by atoms with Gasteiger partial charge in [0.25, 0.3) is 0 Å². The van der Waals surface area contributed by atoms with Crippen molar-refractivity contribution in [3.8, 4) is 11.5 Å². The minimum atomic E-state index is -0.191. The maximum Gasteiger partial charge on any atom is 0.248 e. The third-order valence-electron chi connectivity index (χ3n) is 4.56. The van der Waals surface area contributed by atoms with Crippen molar-refractivity contribution in [1.29, 1.82) is 0 Å². The fourth-order valence-electron chi connectivity index (χ4n) is 2.95. The maximum absolute atomic E-state index is 12.3. The summed E-state index contributed by atoms with van der Waals surface area (Å²) in [7, 11) is 1.59. The lowest BCUT2D eigenvalue weighted by Gasteiger charge is -2.11. The van der Waals surface area contributed by atoms with Gasteiger partial charge >= 0.3 is 0 Å². The van der Waals surface area contributed by atoms with Gasteiger partial charge in [0, 0.05) is 16.8 Å². The highest BCUT2D eigenvalue weighted by Gasteiger charge is 2.06. The van der Waals surface area contributed by atoms with Crippen LogP contribution in [0, 0.1) is 13.8 Å². The maximum atomic E-state index is 12.3. The molecule has 4 nitrogen and oxygen atoms in total. The molecule has 1 N–H and O–H groups in total. The van der Waals surface area contributed by atoms with Gasteiger partial charge in [-0.15, -0.1) is 0 Å². The van der Waals surface area contributed by atoms with Crippen molar-refractivity contribution >= 4 is 29.3 Å². The molecule has 30 heavy (non-hydrogen) atoms. The van der Waals surface area contributed by atoms with Gasteiger partial charge in [0.1, 0.15) is 6.61 Å². The molecule has 3 rings (SSSR count). The lowest BCUT2D eigenvalue weighted by atomic mass is 10.1. The number of carbonyl (C=O) groups excluding carboxylic acids is 1. The highest BCUT2D eigenvalue weighted by atomic mass is 35.5. The van der Waals surface area contributed by atoms with E-state index in [1.54, 1.807) is 13.2 Å². The molecule has 154 valence electrons. The molecule has 0 aliphatic carbocycles. The van der Waals surface area contributed by atoms with Crippen LogP contribution in [0.4, 0.5) is 5.69 Å². The van der Waals surface area contributed by atoms with Gasteiger partial charge < -0.3 is 14.8 Å². The number of methoxy groups -OCH3 is 1. The van der Waals surface area contributed by atoms with Crippen LogP contribution in [0.5, 0.6) is 11.5 Å². The lowest BCUT2D eigenvalue weighted by molar-refractivity contribution is -0.111. The van der Waals surface area contributed by atoms with Crippen LogP contribution in [0.15, 0.2) is 66.7 Å². The summed E-state index contributed by atoms with van der Waals surface area (Å²) in [5.74, 6) is 1.04. The molecule has 0 aromatic heterocycles. The van der Waals surface area contributed by atoms with Gasteiger partial charge in [0.15, 0.2) is 11.5 Å². The van der Waals surface area contributed by atoms with Crippen molar-refractivity contribution in [3.63, 3.8) is 0 Å². The van der Waals surface area contributed by atoms with Gasteiger partial charge in [0.05, 0.1) is 7.11 Å². The second-order valence-electron chi connectivity index (χ2n) is 6.97. The minimum absolute atomic E-state index is 0.191. The van der Waals surface area contributed by atoms with Crippen LogP contribution in [0.2, 0.25) is 5.02 Å². The van der Waals surface area contributed by atoms with Crippen molar-refractivity contribution in [2.45, 2.75) is 20.5 Å². The van der Waals surface area contributed by atoms with Crippen molar-refractivity contribution < 1.29 is 14.3 Å². The average molecular weight is 422 g/mol. The van der Waals surface area contributed by atoms with Crippen LogP contribution in [-0.4, -0.2) is 13.0 Å². The molecular formula is C25H24ClNO3. The molecule has 0 saturated heterocycles. The first-order chi connectivity index (χ1) is 14.4. The van der Waals surface area contributed by atoms with Gasteiger partial charge in [-0.1, -0.05) is 47.5 Å². The summed E-state index contributed by atoms with van der Waals surface area (Å²) >= 11 is 5.91. The number of ether oxygens (including phenoxy) is 2. The second kappa shape index (κ2) is 9.99. The molecule has 0 saturated carbocycles. The Morgan fingerprint density at radius 1 is 1.00 bits per heavy atom. The van der Waals surface area contributed by atoms with Crippen molar-refractivity contribution in [1.82, 2.24) is 0 Å². The molecule has 1 amide bonds. The molecule has 0 aliphatic rings. The van der Waals surface area contributed by atoms with Crippen LogP contribution in [0.1, 0.15) is 22.3 Å². The van der Waals surface area contributed by atoms with Gasteiger partial charge in [-0.25, -0.2) is 0 Å². The molecule has 0 heterocycles. The van der Waals surface area contributed by atoms with Gasteiger partial charge in [-0.3, -0.25) is 4.79 Å². The molecule has 5 heteroatoms. The number of benzene rings is 3. The number of carbonyl (C=O) groups is 1. The van der Waals surface area contributed by atoms with E-state index in [1.165, 1.54) is 6.08 Å². The molecular weight excluding hydrogens is 398 g/mol. The Balaban J connectivity index is 1.64. The number of aryl methyl sites for hydroxylation is 2. The number of nitrogens with one attached hydrogen (secondary N) is 1. The Labute approximate surface area is 182 Å². The first-order valence-corrected chi connectivity index (χ1v) is 9.94.